The van der Waals surface area contributed by atoms with Crippen molar-refractivity contribution in [3.63, 3.8) is 0 Å². The minimum atomic E-state index is 0.447. The van der Waals surface area contributed by atoms with Gasteiger partial charge in [0.1, 0.15) is 12.4 Å². The first-order chi connectivity index (χ1) is 12.0. The fourth-order valence-electron chi connectivity index (χ4n) is 2.69. The molecule has 0 N–H and O–H groups in total. The molecule has 0 amide bonds. The molecule has 2 aromatic carbocycles. The molecular formula is C22H29NO2. The van der Waals surface area contributed by atoms with Gasteiger partial charge in [-0.2, -0.15) is 0 Å². The second-order valence-corrected chi connectivity index (χ2v) is 6.76. The van der Waals surface area contributed by atoms with Crippen LogP contribution in [0.15, 0.2) is 47.5 Å². The maximum Gasteiger partial charge on any atom is 0.119 e. The van der Waals surface area contributed by atoms with Gasteiger partial charge < -0.3 is 9.47 Å². The Morgan fingerprint density at radius 1 is 0.880 bits per heavy atom. The third-order valence-electron chi connectivity index (χ3n) is 4.12. The van der Waals surface area contributed by atoms with E-state index in [-0.39, 0.29) is 0 Å². The quantitative estimate of drug-likeness (QED) is 0.455. The maximum absolute atomic E-state index is 5.60. The number of methoxy groups -OCH3 is 1. The third kappa shape index (κ3) is 5.43. The van der Waals surface area contributed by atoms with E-state index in [0.717, 1.165) is 17.0 Å². The van der Waals surface area contributed by atoms with Crippen molar-refractivity contribution < 1.29 is 9.47 Å². The van der Waals surface area contributed by atoms with Crippen molar-refractivity contribution in [2.45, 2.75) is 39.5 Å². The van der Waals surface area contributed by atoms with Crippen LogP contribution in [0, 0.1) is 0 Å². The van der Waals surface area contributed by atoms with E-state index in [9.17, 15) is 0 Å². The Morgan fingerprint density at radius 3 is 2.00 bits per heavy atom. The number of nitrogens with zero attached hydrogens (tertiary/aromatic N) is 1. The number of rotatable bonds is 8. The number of ether oxygens (including phenoxy) is 2. The van der Waals surface area contributed by atoms with E-state index >= 15 is 0 Å². The van der Waals surface area contributed by atoms with Crippen molar-refractivity contribution in [2.24, 2.45) is 4.99 Å². The van der Waals surface area contributed by atoms with Crippen LogP contribution in [0.4, 0.5) is 5.69 Å². The predicted molar refractivity (Wildman–Crippen MR) is 106 cm³/mol. The molecule has 25 heavy (non-hydrogen) atoms. The minimum absolute atomic E-state index is 0.447. The average Bonchev–Trinajstić information content (AvgIpc) is 2.60. The zero-order valence-electron chi connectivity index (χ0n) is 16.0. The molecule has 3 heteroatoms. The standard InChI is InChI=1S/C22H29NO2/c1-16(2)20-7-6-8-21(17(3)4)22(20)23-15-18-9-11-19(12-10-18)25-14-13-24-5/h6-12,15-17H,13-14H2,1-5H3. The van der Waals surface area contributed by atoms with Crippen molar-refractivity contribution >= 4 is 11.9 Å². The molecule has 0 heterocycles. The molecule has 0 spiro atoms. The lowest BCUT2D eigenvalue weighted by Crippen LogP contribution is -2.04. The van der Waals surface area contributed by atoms with Gasteiger partial charge in [0.15, 0.2) is 0 Å². The summed E-state index contributed by atoms with van der Waals surface area (Å²) in [5, 5.41) is 0. The average molecular weight is 339 g/mol. The summed E-state index contributed by atoms with van der Waals surface area (Å²) in [5.41, 5.74) is 4.75. The van der Waals surface area contributed by atoms with E-state index in [0.29, 0.717) is 25.0 Å². The van der Waals surface area contributed by atoms with Crippen LogP contribution in [0.5, 0.6) is 5.75 Å². The monoisotopic (exact) mass is 339 g/mol. The first kappa shape index (κ1) is 19.2. The van der Waals surface area contributed by atoms with Crippen LogP contribution >= 0.6 is 0 Å². The first-order valence-electron chi connectivity index (χ1n) is 8.91. The van der Waals surface area contributed by atoms with Gasteiger partial charge in [0.05, 0.1) is 12.3 Å². The largest absolute Gasteiger partial charge is 0.491 e. The molecule has 0 atom stereocenters. The van der Waals surface area contributed by atoms with Crippen LogP contribution in [0.2, 0.25) is 0 Å². The van der Waals surface area contributed by atoms with Crippen molar-refractivity contribution in [3.8, 4) is 5.75 Å². The van der Waals surface area contributed by atoms with Gasteiger partial charge in [-0.3, -0.25) is 4.99 Å². The van der Waals surface area contributed by atoms with E-state index in [2.05, 4.69) is 45.9 Å². The van der Waals surface area contributed by atoms with Crippen LogP contribution in [0.1, 0.15) is 56.2 Å². The second kappa shape index (κ2) is 9.38. The van der Waals surface area contributed by atoms with Crippen LogP contribution in [0.25, 0.3) is 0 Å². The van der Waals surface area contributed by atoms with E-state index < -0.39 is 0 Å². The molecule has 0 fully saturated rings. The van der Waals surface area contributed by atoms with Gasteiger partial charge in [-0.1, -0.05) is 45.9 Å². The predicted octanol–water partition coefficient (Wildman–Crippen LogP) is 5.71. The van der Waals surface area contributed by atoms with Gasteiger partial charge in [0.25, 0.3) is 0 Å². The number of aliphatic imine (C=N–C) groups is 1. The van der Waals surface area contributed by atoms with Gasteiger partial charge in [0.2, 0.25) is 0 Å². The van der Waals surface area contributed by atoms with Gasteiger partial charge in [-0.05, 0) is 52.8 Å². The fraction of sp³-hybridized carbons (Fsp3) is 0.409. The van der Waals surface area contributed by atoms with Crippen molar-refractivity contribution in [1.29, 1.82) is 0 Å². The molecule has 2 rings (SSSR count). The van der Waals surface area contributed by atoms with Gasteiger partial charge in [-0.15, -0.1) is 0 Å². The molecule has 2 aromatic rings. The molecule has 0 aliphatic carbocycles. The highest BCUT2D eigenvalue weighted by Gasteiger charge is 2.12. The lowest BCUT2D eigenvalue weighted by atomic mass is 9.93. The van der Waals surface area contributed by atoms with Crippen molar-refractivity contribution in [2.75, 3.05) is 20.3 Å². The molecular weight excluding hydrogens is 310 g/mol. The highest BCUT2D eigenvalue weighted by molar-refractivity contribution is 5.83. The lowest BCUT2D eigenvalue weighted by molar-refractivity contribution is 0.146. The Labute approximate surface area is 151 Å². The summed E-state index contributed by atoms with van der Waals surface area (Å²) in [6, 6.07) is 14.5. The highest BCUT2D eigenvalue weighted by atomic mass is 16.5. The first-order valence-corrected chi connectivity index (χ1v) is 8.91. The van der Waals surface area contributed by atoms with E-state index in [1.807, 2.05) is 30.5 Å². The number of hydrogen-bond acceptors (Lipinski definition) is 3. The molecule has 0 aliphatic heterocycles. The Morgan fingerprint density at radius 2 is 1.48 bits per heavy atom. The normalized spacial score (nSPS) is 11.6. The maximum atomic E-state index is 5.60. The van der Waals surface area contributed by atoms with Crippen LogP contribution in [-0.2, 0) is 4.74 Å². The van der Waals surface area contributed by atoms with Gasteiger partial charge >= 0.3 is 0 Å². The molecule has 134 valence electrons. The van der Waals surface area contributed by atoms with Gasteiger partial charge in [-0.25, -0.2) is 0 Å². The molecule has 0 bridgehead atoms. The van der Waals surface area contributed by atoms with Crippen molar-refractivity contribution in [1.82, 2.24) is 0 Å². The van der Waals surface area contributed by atoms with Gasteiger partial charge in [0, 0.05) is 13.3 Å². The molecule has 0 radical (unpaired) electrons. The van der Waals surface area contributed by atoms with E-state index in [1.165, 1.54) is 11.1 Å². The smallest absolute Gasteiger partial charge is 0.119 e. The molecule has 3 nitrogen and oxygen atoms in total. The number of hydrogen-bond donors (Lipinski definition) is 0. The third-order valence-corrected chi connectivity index (χ3v) is 4.12. The topological polar surface area (TPSA) is 30.8 Å². The number of para-hydroxylation sites is 1. The summed E-state index contributed by atoms with van der Waals surface area (Å²) in [6.45, 7) is 10.0. The van der Waals surface area contributed by atoms with Crippen molar-refractivity contribution in [3.05, 3.63) is 59.2 Å². The summed E-state index contributed by atoms with van der Waals surface area (Å²) in [5.74, 6) is 1.74. The van der Waals surface area contributed by atoms with E-state index in [4.69, 9.17) is 14.5 Å². The minimum Gasteiger partial charge on any atom is -0.491 e. The number of benzene rings is 2. The summed E-state index contributed by atoms with van der Waals surface area (Å²) in [6.07, 6.45) is 1.94. The highest BCUT2D eigenvalue weighted by Crippen LogP contribution is 2.34. The molecule has 0 aliphatic rings. The summed E-state index contributed by atoms with van der Waals surface area (Å²) in [7, 11) is 1.67. The Hall–Kier alpha value is -2.13. The Balaban J connectivity index is 2.21. The fourth-order valence-corrected chi connectivity index (χ4v) is 2.69. The zero-order chi connectivity index (χ0) is 18.2. The van der Waals surface area contributed by atoms with Crippen LogP contribution in [-0.4, -0.2) is 26.5 Å². The Kier molecular flexibility index (Phi) is 7.20. The Bertz CT molecular complexity index is 661. The molecule has 0 unspecified atom stereocenters. The SMILES string of the molecule is COCCOc1ccc(C=Nc2c(C(C)C)cccc2C(C)C)cc1. The summed E-state index contributed by atoms with van der Waals surface area (Å²) in [4.78, 5) is 4.84. The lowest BCUT2D eigenvalue weighted by Gasteiger charge is -2.16. The molecule has 0 aromatic heterocycles. The molecule has 0 saturated carbocycles. The second-order valence-electron chi connectivity index (χ2n) is 6.76. The zero-order valence-corrected chi connectivity index (χ0v) is 16.0. The van der Waals surface area contributed by atoms with E-state index in [1.54, 1.807) is 7.11 Å². The summed E-state index contributed by atoms with van der Waals surface area (Å²) >= 11 is 0. The summed E-state index contributed by atoms with van der Waals surface area (Å²) < 4.78 is 10.6. The van der Waals surface area contributed by atoms with Crippen LogP contribution < -0.4 is 4.74 Å². The van der Waals surface area contributed by atoms with Crippen LogP contribution in [0.3, 0.4) is 0 Å². The molecule has 0 saturated heterocycles.